The second-order valence-corrected chi connectivity index (χ2v) is 5.29. The number of carbonyl (C=O) groups is 1. The molecule has 3 heteroatoms. The van der Waals surface area contributed by atoms with Crippen LogP contribution in [0.3, 0.4) is 0 Å². The summed E-state index contributed by atoms with van der Waals surface area (Å²) >= 11 is 0. The van der Waals surface area contributed by atoms with Crippen molar-refractivity contribution in [2.24, 2.45) is 0 Å². The molecular formula is C16H23NO2. The molecule has 0 bridgehead atoms. The van der Waals surface area contributed by atoms with Crippen LogP contribution in [0.5, 0.6) is 0 Å². The van der Waals surface area contributed by atoms with E-state index in [-0.39, 0.29) is 5.91 Å². The molecule has 1 amide bonds. The van der Waals surface area contributed by atoms with Gasteiger partial charge < -0.3 is 10.1 Å². The first kappa shape index (κ1) is 14.1. The van der Waals surface area contributed by atoms with Crippen LogP contribution in [-0.4, -0.2) is 19.1 Å². The molecule has 1 aromatic carbocycles. The molecule has 0 saturated heterocycles. The van der Waals surface area contributed by atoms with Gasteiger partial charge in [-0.1, -0.05) is 37.8 Å². The molecule has 1 aliphatic carbocycles. The first-order valence-corrected chi connectivity index (χ1v) is 7.18. The van der Waals surface area contributed by atoms with Gasteiger partial charge in [0, 0.05) is 18.7 Å². The number of nitrogens with one attached hydrogen (secondary N) is 1. The topological polar surface area (TPSA) is 38.3 Å². The van der Waals surface area contributed by atoms with E-state index >= 15 is 0 Å². The normalized spacial score (nSPS) is 16.9. The molecule has 1 aromatic rings. The number of amides is 1. The maximum atomic E-state index is 12.2. The van der Waals surface area contributed by atoms with Gasteiger partial charge in [0.2, 0.25) is 0 Å². The Balaban J connectivity index is 1.91. The number of hydrogen-bond acceptors (Lipinski definition) is 2. The predicted octanol–water partition coefficient (Wildman–Crippen LogP) is 3.29. The summed E-state index contributed by atoms with van der Waals surface area (Å²) in [5, 5.41) is 3.16. The third-order valence-electron chi connectivity index (χ3n) is 3.72. The Hall–Kier alpha value is -1.35. The van der Waals surface area contributed by atoms with E-state index in [0.29, 0.717) is 12.6 Å². The zero-order chi connectivity index (χ0) is 13.5. The number of methoxy groups -OCH3 is 1. The Morgan fingerprint density at radius 2 is 1.79 bits per heavy atom. The van der Waals surface area contributed by atoms with Crippen molar-refractivity contribution in [2.45, 2.75) is 51.2 Å². The minimum absolute atomic E-state index is 0.0517. The minimum atomic E-state index is 0.0517. The van der Waals surface area contributed by atoms with Crippen LogP contribution in [0.4, 0.5) is 0 Å². The molecule has 0 aliphatic heterocycles. The minimum Gasteiger partial charge on any atom is -0.380 e. The van der Waals surface area contributed by atoms with E-state index in [2.05, 4.69) is 5.32 Å². The Morgan fingerprint density at radius 3 is 2.37 bits per heavy atom. The van der Waals surface area contributed by atoms with Crippen molar-refractivity contribution < 1.29 is 9.53 Å². The van der Waals surface area contributed by atoms with Gasteiger partial charge in [-0.2, -0.15) is 0 Å². The van der Waals surface area contributed by atoms with Crippen LogP contribution in [0.25, 0.3) is 0 Å². The van der Waals surface area contributed by atoms with Gasteiger partial charge in [0.05, 0.1) is 6.61 Å². The third kappa shape index (κ3) is 4.35. The van der Waals surface area contributed by atoms with Crippen molar-refractivity contribution in [1.82, 2.24) is 5.32 Å². The molecule has 0 spiro atoms. The van der Waals surface area contributed by atoms with Crippen molar-refractivity contribution in [2.75, 3.05) is 7.11 Å². The quantitative estimate of drug-likeness (QED) is 0.845. The van der Waals surface area contributed by atoms with Crippen LogP contribution in [-0.2, 0) is 11.3 Å². The van der Waals surface area contributed by atoms with E-state index in [0.717, 1.165) is 24.0 Å². The first-order valence-electron chi connectivity index (χ1n) is 7.18. The molecule has 0 unspecified atom stereocenters. The predicted molar refractivity (Wildman–Crippen MR) is 76.1 cm³/mol. The number of benzene rings is 1. The van der Waals surface area contributed by atoms with Crippen molar-refractivity contribution in [3.63, 3.8) is 0 Å². The summed E-state index contributed by atoms with van der Waals surface area (Å²) in [6.45, 7) is 0.588. The van der Waals surface area contributed by atoms with Crippen molar-refractivity contribution in [3.05, 3.63) is 35.4 Å². The van der Waals surface area contributed by atoms with Gasteiger partial charge in [0.25, 0.3) is 5.91 Å². The fourth-order valence-corrected chi connectivity index (χ4v) is 2.61. The lowest BCUT2D eigenvalue weighted by molar-refractivity contribution is 0.0933. The zero-order valence-corrected chi connectivity index (χ0v) is 11.7. The maximum absolute atomic E-state index is 12.2. The van der Waals surface area contributed by atoms with E-state index < -0.39 is 0 Å². The second-order valence-electron chi connectivity index (χ2n) is 5.29. The van der Waals surface area contributed by atoms with Gasteiger partial charge in [-0.3, -0.25) is 4.79 Å². The molecule has 1 saturated carbocycles. The zero-order valence-electron chi connectivity index (χ0n) is 11.7. The molecule has 1 aliphatic rings. The van der Waals surface area contributed by atoms with Gasteiger partial charge in [-0.05, 0) is 30.5 Å². The van der Waals surface area contributed by atoms with Gasteiger partial charge in [-0.15, -0.1) is 0 Å². The van der Waals surface area contributed by atoms with Crippen LogP contribution >= 0.6 is 0 Å². The Morgan fingerprint density at radius 1 is 1.16 bits per heavy atom. The molecule has 1 N–H and O–H groups in total. The molecule has 3 nitrogen and oxygen atoms in total. The van der Waals surface area contributed by atoms with Gasteiger partial charge in [-0.25, -0.2) is 0 Å². The fourth-order valence-electron chi connectivity index (χ4n) is 2.61. The van der Waals surface area contributed by atoms with Crippen LogP contribution in [0.1, 0.15) is 54.4 Å². The van der Waals surface area contributed by atoms with Crippen LogP contribution in [0.2, 0.25) is 0 Å². The number of ether oxygens (including phenoxy) is 1. The van der Waals surface area contributed by atoms with E-state index in [1.165, 1.54) is 25.7 Å². The summed E-state index contributed by atoms with van der Waals surface area (Å²) in [5.74, 6) is 0.0517. The molecule has 0 atom stereocenters. The highest BCUT2D eigenvalue weighted by atomic mass is 16.5. The maximum Gasteiger partial charge on any atom is 0.251 e. The van der Waals surface area contributed by atoms with E-state index in [1.54, 1.807) is 7.11 Å². The van der Waals surface area contributed by atoms with Crippen molar-refractivity contribution in [3.8, 4) is 0 Å². The number of carbonyl (C=O) groups excluding carboxylic acids is 1. The highest BCUT2D eigenvalue weighted by Gasteiger charge is 2.15. The van der Waals surface area contributed by atoms with E-state index in [9.17, 15) is 4.79 Å². The van der Waals surface area contributed by atoms with E-state index in [4.69, 9.17) is 4.74 Å². The lowest BCUT2D eigenvalue weighted by Crippen LogP contribution is -2.34. The lowest BCUT2D eigenvalue weighted by atomic mass is 10.1. The first-order chi connectivity index (χ1) is 9.29. The molecule has 104 valence electrons. The van der Waals surface area contributed by atoms with Crippen LogP contribution < -0.4 is 5.32 Å². The van der Waals surface area contributed by atoms with Crippen molar-refractivity contribution in [1.29, 1.82) is 0 Å². The Kier molecular flexibility index (Phi) is 5.40. The van der Waals surface area contributed by atoms with Crippen LogP contribution in [0.15, 0.2) is 24.3 Å². The summed E-state index contributed by atoms with van der Waals surface area (Å²) in [6.07, 6.45) is 7.31. The SMILES string of the molecule is COCc1ccc(C(=O)NC2CCCCCC2)cc1. The average Bonchev–Trinajstić information content (AvgIpc) is 2.68. The van der Waals surface area contributed by atoms with Gasteiger partial charge >= 0.3 is 0 Å². The fraction of sp³-hybridized carbons (Fsp3) is 0.562. The summed E-state index contributed by atoms with van der Waals surface area (Å²) in [6, 6.07) is 8.01. The molecule has 1 fully saturated rings. The summed E-state index contributed by atoms with van der Waals surface area (Å²) in [7, 11) is 1.67. The monoisotopic (exact) mass is 261 g/mol. The third-order valence-corrected chi connectivity index (χ3v) is 3.72. The second kappa shape index (κ2) is 7.29. The number of rotatable bonds is 4. The highest BCUT2D eigenvalue weighted by Crippen LogP contribution is 2.17. The standard InChI is InChI=1S/C16H23NO2/c1-19-12-13-8-10-14(11-9-13)16(18)17-15-6-4-2-3-5-7-15/h8-11,15H,2-7,12H2,1H3,(H,17,18). The molecule has 0 aromatic heterocycles. The summed E-state index contributed by atoms with van der Waals surface area (Å²) in [5.41, 5.74) is 1.83. The Bertz CT molecular complexity index is 392. The largest absolute Gasteiger partial charge is 0.380 e. The lowest BCUT2D eigenvalue weighted by Gasteiger charge is -2.16. The van der Waals surface area contributed by atoms with Crippen LogP contribution in [0, 0.1) is 0 Å². The summed E-state index contributed by atoms with van der Waals surface area (Å²) < 4.78 is 5.06. The van der Waals surface area contributed by atoms with Gasteiger partial charge in [0.15, 0.2) is 0 Å². The number of hydrogen-bond donors (Lipinski definition) is 1. The summed E-state index contributed by atoms with van der Waals surface area (Å²) in [4.78, 5) is 12.2. The molecule has 19 heavy (non-hydrogen) atoms. The molecule has 0 heterocycles. The highest BCUT2D eigenvalue weighted by molar-refractivity contribution is 5.94. The van der Waals surface area contributed by atoms with Crippen molar-refractivity contribution >= 4 is 5.91 Å². The van der Waals surface area contributed by atoms with Gasteiger partial charge in [0.1, 0.15) is 0 Å². The average molecular weight is 261 g/mol. The molecular weight excluding hydrogens is 238 g/mol. The van der Waals surface area contributed by atoms with E-state index in [1.807, 2.05) is 24.3 Å². The Labute approximate surface area is 115 Å². The molecule has 0 radical (unpaired) electrons. The molecule has 2 rings (SSSR count). The smallest absolute Gasteiger partial charge is 0.251 e.